The monoisotopic (exact) mass is 436 g/mol. The highest BCUT2D eigenvalue weighted by Gasteiger charge is 2.45. The molecule has 6 nitrogen and oxygen atoms in total. The summed E-state index contributed by atoms with van der Waals surface area (Å²) in [6.45, 7) is 7.38. The van der Waals surface area contributed by atoms with Crippen LogP contribution in [0.15, 0.2) is 54.1 Å². The number of aliphatic hydroxyl groups is 1. The molecule has 2 aromatic rings. The van der Waals surface area contributed by atoms with E-state index in [0.717, 1.165) is 11.1 Å². The number of nitrogens with zero attached hydrogens (tertiary/aromatic N) is 2. The molecule has 3 rings (SSSR count). The molecule has 0 unspecified atom stereocenters. The molecule has 1 aliphatic rings. The van der Waals surface area contributed by atoms with Crippen LogP contribution in [0.4, 0.5) is 0 Å². The fraction of sp³-hybridized carbons (Fsp3) is 0.385. The van der Waals surface area contributed by atoms with E-state index in [1.165, 1.54) is 0 Å². The zero-order valence-corrected chi connectivity index (χ0v) is 19.7. The maximum absolute atomic E-state index is 13.1. The van der Waals surface area contributed by atoms with Crippen molar-refractivity contribution in [3.63, 3.8) is 0 Å². The minimum Gasteiger partial charge on any atom is -0.507 e. The second kappa shape index (κ2) is 9.17. The summed E-state index contributed by atoms with van der Waals surface area (Å²) in [4.78, 5) is 29.5. The van der Waals surface area contributed by atoms with Crippen LogP contribution < -0.4 is 4.74 Å². The van der Waals surface area contributed by atoms with E-state index in [-0.39, 0.29) is 16.7 Å². The van der Waals surface area contributed by atoms with Crippen LogP contribution in [-0.4, -0.2) is 60.9 Å². The lowest BCUT2D eigenvalue weighted by Crippen LogP contribution is -2.35. The Hall–Kier alpha value is -3.12. The molecule has 0 aliphatic carbocycles. The number of ether oxygens (including phenoxy) is 1. The molecule has 0 aromatic heterocycles. The van der Waals surface area contributed by atoms with Crippen molar-refractivity contribution < 1.29 is 19.4 Å². The van der Waals surface area contributed by atoms with E-state index in [1.54, 1.807) is 36.3 Å². The molecule has 0 saturated carbocycles. The number of Topliss-reactive ketones (excluding diaryl/α,β-unsaturated/α-hetero) is 1. The summed E-state index contributed by atoms with van der Waals surface area (Å²) >= 11 is 0. The fourth-order valence-electron chi connectivity index (χ4n) is 3.83. The number of likely N-dealkylation sites (tertiary alicyclic amines) is 1. The molecule has 1 heterocycles. The van der Waals surface area contributed by atoms with Crippen LogP contribution in [0.2, 0.25) is 0 Å². The Kier molecular flexibility index (Phi) is 6.74. The minimum absolute atomic E-state index is 0.0195. The van der Waals surface area contributed by atoms with Crippen LogP contribution in [0, 0.1) is 0 Å². The Morgan fingerprint density at radius 3 is 2.12 bits per heavy atom. The van der Waals surface area contributed by atoms with Crippen molar-refractivity contribution in [2.75, 3.05) is 34.3 Å². The Morgan fingerprint density at radius 2 is 1.62 bits per heavy atom. The van der Waals surface area contributed by atoms with E-state index >= 15 is 0 Å². The molecule has 32 heavy (non-hydrogen) atoms. The first-order valence-corrected chi connectivity index (χ1v) is 10.7. The molecule has 1 fully saturated rings. The molecule has 0 spiro atoms. The van der Waals surface area contributed by atoms with Gasteiger partial charge >= 0.3 is 0 Å². The third-order valence-electron chi connectivity index (χ3n) is 5.78. The number of ketones is 1. The number of amides is 1. The van der Waals surface area contributed by atoms with E-state index in [9.17, 15) is 14.7 Å². The highest BCUT2D eigenvalue weighted by Crippen LogP contribution is 2.40. The molecule has 0 bridgehead atoms. The van der Waals surface area contributed by atoms with E-state index < -0.39 is 17.7 Å². The van der Waals surface area contributed by atoms with Crippen molar-refractivity contribution in [3.8, 4) is 5.75 Å². The SMILES string of the molecule is COc1ccc(/C(O)=C2\C(=O)C(=O)N(CCN(C)C)[C@@H]2c2ccc(C(C)(C)C)cc2)cc1. The zero-order chi connectivity index (χ0) is 23.6. The molecular weight excluding hydrogens is 404 g/mol. The Bertz CT molecular complexity index is 1020. The summed E-state index contributed by atoms with van der Waals surface area (Å²) in [6, 6.07) is 14.1. The summed E-state index contributed by atoms with van der Waals surface area (Å²) in [6.07, 6.45) is 0. The maximum Gasteiger partial charge on any atom is 0.295 e. The molecule has 2 aromatic carbocycles. The lowest BCUT2D eigenvalue weighted by Gasteiger charge is -2.27. The normalized spacial score (nSPS) is 18.5. The van der Waals surface area contributed by atoms with Gasteiger partial charge in [0.1, 0.15) is 11.5 Å². The van der Waals surface area contributed by atoms with Gasteiger partial charge in [-0.1, -0.05) is 45.0 Å². The number of rotatable bonds is 6. The number of hydrogen-bond donors (Lipinski definition) is 1. The predicted octanol–water partition coefficient (Wildman–Crippen LogP) is 3.98. The molecule has 1 N–H and O–H groups in total. The topological polar surface area (TPSA) is 70.1 Å². The van der Waals surface area contributed by atoms with Gasteiger partial charge in [0.2, 0.25) is 0 Å². The number of hydrogen-bond acceptors (Lipinski definition) is 5. The van der Waals surface area contributed by atoms with Gasteiger partial charge in [-0.25, -0.2) is 0 Å². The van der Waals surface area contributed by atoms with Gasteiger partial charge in [-0.3, -0.25) is 9.59 Å². The number of benzene rings is 2. The number of likely N-dealkylation sites (N-methyl/N-ethyl adjacent to an activating group) is 1. The van der Waals surface area contributed by atoms with Crippen molar-refractivity contribution in [2.45, 2.75) is 32.2 Å². The lowest BCUT2D eigenvalue weighted by molar-refractivity contribution is -0.140. The zero-order valence-electron chi connectivity index (χ0n) is 19.7. The Balaban J connectivity index is 2.12. The van der Waals surface area contributed by atoms with Gasteiger partial charge in [-0.2, -0.15) is 0 Å². The summed E-state index contributed by atoms with van der Waals surface area (Å²) < 4.78 is 5.18. The van der Waals surface area contributed by atoms with E-state index in [4.69, 9.17) is 4.74 Å². The molecule has 1 amide bonds. The Morgan fingerprint density at radius 1 is 1.03 bits per heavy atom. The number of aliphatic hydroxyl groups excluding tert-OH is 1. The first-order chi connectivity index (χ1) is 15.0. The first kappa shape index (κ1) is 23.5. The second-order valence-electron chi connectivity index (χ2n) is 9.40. The second-order valence-corrected chi connectivity index (χ2v) is 9.40. The summed E-state index contributed by atoms with van der Waals surface area (Å²) in [5, 5.41) is 11.1. The lowest BCUT2D eigenvalue weighted by atomic mass is 9.85. The van der Waals surface area contributed by atoms with Gasteiger partial charge in [0.05, 0.1) is 18.7 Å². The average Bonchev–Trinajstić information content (AvgIpc) is 3.01. The fourth-order valence-corrected chi connectivity index (χ4v) is 3.83. The molecule has 1 saturated heterocycles. The van der Waals surface area contributed by atoms with Crippen LogP contribution in [0.1, 0.15) is 43.5 Å². The van der Waals surface area contributed by atoms with Crippen molar-refractivity contribution >= 4 is 17.4 Å². The van der Waals surface area contributed by atoms with Crippen molar-refractivity contribution in [1.29, 1.82) is 0 Å². The third-order valence-corrected chi connectivity index (χ3v) is 5.78. The standard InChI is InChI=1S/C26H32N2O4/c1-26(2,3)19-11-7-17(8-12-19)22-21(23(29)18-9-13-20(32-6)14-10-18)24(30)25(31)28(22)16-15-27(4)5/h7-14,22,29H,15-16H2,1-6H3/b23-21+/t22-/m1/s1. The average molecular weight is 437 g/mol. The van der Waals surface area contributed by atoms with E-state index in [2.05, 4.69) is 20.8 Å². The van der Waals surface area contributed by atoms with E-state index in [1.807, 2.05) is 43.3 Å². The smallest absolute Gasteiger partial charge is 0.295 e. The van der Waals surface area contributed by atoms with Crippen LogP contribution in [0.25, 0.3) is 5.76 Å². The third kappa shape index (κ3) is 4.70. The maximum atomic E-state index is 13.1. The van der Waals surface area contributed by atoms with Crippen LogP contribution in [-0.2, 0) is 15.0 Å². The summed E-state index contributed by atoms with van der Waals surface area (Å²) in [5.41, 5.74) is 2.51. The van der Waals surface area contributed by atoms with E-state index in [0.29, 0.717) is 24.4 Å². The number of methoxy groups -OCH3 is 1. The molecule has 1 atom stereocenters. The molecule has 1 aliphatic heterocycles. The number of carbonyl (C=O) groups excluding carboxylic acids is 2. The summed E-state index contributed by atoms with van der Waals surface area (Å²) in [5.74, 6) is -0.792. The van der Waals surface area contributed by atoms with Gasteiger partial charge in [-0.05, 0) is 54.9 Å². The van der Waals surface area contributed by atoms with Crippen LogP contribution in [0.3, 0.4) is 0 Å². The van der Waals surface area contributed by atoms with Gasteiger partial charge < -0.3 is 19.6 Å². The minimum atomic E-state index is -0.665. The molecule has 0 radical (unpaired) electrons. The van der Waals surface area contributed by atoms with Gasteiger partial charge in [0, 0.05) is 18.7 Å². The predicted molar refractivity (Wildman–Crippen MR) is 126 cm³/mol. The van der Waals surface area contributed by atoms with Crippen LogP contribution >= 0.6 is 0 Å². The highest BCUT2D eigenvalue weighted by molar-refractivity contribution is 6.46. The molecular formula is C26H32N2O4. The van der Waals surface area contributed by atoms with Crippen LogP contribution in [0.5, 0.6) is 5.75 Å². The molecule has 170 valence electrons. The first-order valence-electron chi connectivity index (χ1n) is 10.7. The quantitative estimate of drug-likeness (QED) is 0.421. The van der Waals surface area contributed by atoms with Crippen molar-refractivity contribution in [1.82, 2.24) is 9.80 Å². The van der Waals surface area contributed by atoms with Crippen molar-refractivity contribution in [2.24, 2.45) is 0 Å². The van der Waals surface area contributed by atoms with Gasteiger partial charge in [-0.15, -0.1) is 0 Å². The molecule has 6 heteroatoms. The Labute approximate surface area is 190 Å². The number of carbonyl (C=O) groups is 2. The highest BCUT2D eigenvalue weighted by atomic mass is 16.5. The van der Waals surface area contributed by atoms with Crippen molar-refractivity contribution in [3.05, 3.63) is 70.8 Å². The largest absolute Gasteiger partial charge is 0.507 e. The van der Waals surface area contributed by atoms with Gasteiger partial charge in [0.25, 0.3) is 11.7 Å². The summed E-state index contributed by atoms with van der Waals surface area (Å²) in [7, 11) is 5.40. The van der Waals surface area contributed by atoms with Gasteiger partial charge in [0.15, 0.2) is 0 Å².